The molecular weight excluding hydrogens is 379 g/mol. The third kappa shape index (κ3) is 4.74. The summed E-state index contributed by atoms with van der Waals surface area (Å²) in [5, 5.41) is 9.22. The van der Waals surface area contributed by atoms with E-state index in [2.05, 4.69) is 0 Å². The molecule has 1 amide bonds. The van der Waals surface area contributed by atoms with Gasteiger partial charge in [-0.05, 0) is 48.2 Å². The van der Waals surface area contributed by atoms with Gasteiger partial charge in [0.1, 0.15) is 5.82 Å². The molecule has 1 N–H and O–H groups in total. The molecule has 0 saturated carbocycles. The highest BCUT2D eigenvalue weighted by atomic mass is 19.1. The van der Waals surface area contributed by atoms with E-state index in [4.69, 9.17) is 4.98 Å². The number of carbonyl (C=O) groups excluding carboxylic acids is 1. The molecule has 2 heterocycles. The molecule has 1 saturated heterocycles. The summed E-state index contributed by atoms with van der Waals surface area (Å²) in [6, 6.07) is 19.9. The van der Waals surface area contributed by atoms with Crippen LogP contribution in [0.3, 0.4) is 0 Å². The molecule has 0 unspecified atom stereocenters. The van der Waals surface area contributed by atoms with Crippen LogP contribution in [0.4, 0.5) is 4.39 Å². The van der Waals surface area contributed by atoms with Gasteiger partial charge in [0.25, 0.3) is 0 Å². The molecule has 154 valence electrons. The second-order valence-corrected chi connectivity index (χ2v) is 7.78. The molecule has 0 aliphatic carbocycles. The van der Waals surface area contributed by atoms with E-state index in [9.17, 15) is 14.3 Å². The molecule has 0 spiro atoms. The summed E-state index contributed by atoms with van der Waals surface area (Å²) in [4.78, 5) is 19.5. The number of piperidine rings is 1. The van der Waals surface area contributed by atoms with Gasteiger partial charge in [0, 0.05) is 30.3 Å². The first-order chi connectivity index (χ1) is 14.6. The molecule has 1 aliphatic heterocycles. The third-order valence-corrected chi connectivity index (χ3v) is 5.66. The number of aliphatic hydroxyl groups is 1. The highest BCUT2D eigenvalue weighted by Gasteiger charge is 2.25. The first-order valence-corrected chi connectivity index (χ1v) is 10.3. The Morgan fingerprint density at radius 3 is 2.50 bits per heavy atom. The smallest absolute Gasteiger partial charge is 0.227 e. The van der Waals surface area contributed by atoms with Crippen molar-refractivity contribution >= 4 is 5.91 Å². The maximum absolute atomic E-state index is 13.1. The summed E-state index contributed by atoms with van der Waals surface area (Å²) in [5.74, 6) is -0.0177. The fraction of sp³-hybridized carbons (Fsp3) is 0.280. The number of aromatic nitrogens is 1. The maximum Gasteiger partial charge on any atom is 0.227 e. The molecular formula is C25H25FN2O2. The summed E-state index contributed by atoms with van der Waals surface area (Å²) < 4.78 is 13.1. The number of amides is 1. The molecule has 1 atom stereocenters. The van der Waals surface area contributed by atoms with Crippen LogP contribution in [0.5, 0.6) is 0 Å². The molecule has 0 bridgehead atoms. The zero-order chi connectivity index (χ0) is 20.9. The lowest BCUT2D eigenvalue weighted by Crippen LogP contribution is -2.40. The SMILES string of the molecule is O=C(Cc1ccc(F)cc1)N1CCC[C@H](c2cccc(-c3ccc(CO)cc3)n2)C1. The zero-order valence-electron chi connectivity index (χ0n) is 16.8. The van der Waals surface area contributed by atoms with E-state index < -0.39 is 0 Å². The number of benzene rings is 2. The van der Waals surface area contributed by atoms with Crippen molar-refractivity contribution in [3.63, 3.8) is 0 Å². The summed E-state index contributed by atoms with van der Waals surface area (Å²) >= 11 is 0. The van der Waals surface area contributed by atoms with Crippen LogP contribution in [0.25, 0.3) is 11.3 Å². The van der Waals surface area contributed by atoms with Crippen LogP contribution in [-0.2, 0) is 17.8 Å². The number of likely N-dealkylation sites (tertiary alicyclic amines) is 1. The Kier molecular flexibility index (Phi) is 6.19. The average molecular weight is 404 g/mol. The minimum absolute atomic E-state index is 0.0254. The monoisotopic (exact) mass is 404 g/mol. The van der Waals surface area contributed by atoms with Gasteiger partial charge in [0.05, 0.1) is 18.7 Å². The fourth-order valence-corrected chi connectivity index (χ4v) is 3.95. The highest BCUT2D eigenvalue weighted by molar-refractivity contribution is 5.79. The molecule has 4 rings (SSSR count). The average Bonchev–Trinajstić information content (AvgIpc) is 2.81. The topological polar surface area (TPSA) is 53.4 Å². The first kappa shape index (κ1) is 20.2. The Morgan fingerprint density at radius 2 is 1.77 bits per heavy atom. The number of hydrogen-bond acceptors (Lipinski definition) is 3. The summed E-state index contributed by atoms with van der Waals surface area (Å²) in [6.45, 7) is 1.43. The number of nitrogens with zero attached hydrogens (tertiary/aromatic N) is 2. The molecule has 1 fully saturated rings. The van der Waals surface area contributed by atoms with E-state index in [1.165, 1.54) is 12.1 Å². The minimum atomic E-state index is -0.291. The predicted octanol–water partition coefficient (Wildman–Crippen LogP) is 4.33. The van der Waals surface area contributed by atoms with Crippen molar-refractivity contribution < 1.29 is 14.3 Å². The molecule has 4 nitrogen and oxygen atoms in total. The Hall–Kier alpha value is -3.05. The Morgan fingerprint density at radius 1 is 1.03 bits per heavy atom. The van der Waals surface area contributed by atoms with Crippen LogP contribution >= 0.6 is 0 Å². The van der Waals surface area contributed by atoms with E-state index >= 15 is 0 Å². The van der Waals surface area contributed by atoms with Crippen LogP contribution in [0.15, 0.2) is 66.7 Å². The number of pyridine rings is 1. The number of hydrogen-bond donors (Lipinski definition) is 1. The largest absolute Gasteiger partial charge is 0.392 e. The van der Waals surface area contributed by atoms with Gasteiger partial charge < -0.3 is 10.0 Å². The van der Waals surface area contributed by atoms with Gasteiger partial charge in [-0.2, -0.15) is 0 Å². The van der Waals surface area contributed by atoms with E-state index in [-0.39, 0.29) is 30.7 Å². The van der Waals surface area contributed by atoms with Crippen LogP contribution in [-0.4, -0.2) is 34.0 Å². The van der Waals surface area contributed by atoms with E-state index in [0.717, 1.165) is 47.5 Å². The molecule has 1 aliphatic rings. The number of rotatable bonds is 5. The third-order valence-electron chi connectivity index (χ3n) is 5.66. The van der Waals surface area contributed by atoms with Gasteiger partial charge in [-0.25, -0.2) is 4.39 Å². The van der Waals surface area contributed by atoms with Crippen molar-refractivity contribution in [3.05, 3.63) is 89.4 Å². The van der Waals surface area contributed by atoms with Crippen molar-refractivity contribution in [2.45, 2.75) is 31.8 Å². The van der Waals surface area contributed by atoms with E-state index in [1.54, 1.807) is 12.1 Å². The summed E-state index contributed by atoms with van der Waals surface area (Å²) in [5.41, 5.74) is 4.60. The Bertz CT molecular complexity index is 1000. The molecule has 5 heteroatoms. The summed E-state index contributed by atoms with van der Waals surface area (Å²) in [7, 11) is 0. The van der Waals surface area contributed by atoms with Crippen molar-refractivity contribution in [1.29, 1.82) is 0 Å². The van der Waals surface area contributed by atoms with Crippen LogP contribution in [0.1, 0.15) is 35.6 Å². The lowest BCUT2D eigenvalue weighted by molar-refractivity contribution is -0.131. The molecule has 3 aromatic rings. The van der Waals surface area contributed by atoms with Gasteiger partial charge in [0.15, 0.2) is 0 Å². The molecule has 2 aromatic carbocycles. The summed E-state index contributed by atoms with van der Waals surface area (Å²) in [6.07, 6.45) is 2.23. The Balaban J connectivity index is 1.46. The second kappa shape index (κ2) is 9.18. The number of carbonyl (C=O) groups is 1. The molecule has 30 heavy (non-hydrogen) atoms. The molecule has 0 radical (unpaired) electrons. The van der Waals surface area contributed by atoms with Crippen LogP contribution < -0.4 is 0 Å². The predicted molar refractivity (Wildman–Crippen MR) is 114 cm³/mol. The lowest BCUT2D eigenvalue weighted by Gasteiger charge is -2.32. The minimum Gasteiger partial charge on any atom is -0.392 e. The molecule has 1 aromatic heterocycles. The van der Waals surface area contributed by atoms with E-state index in [0.29, 0.717) is 6.54 Å². The fourth-order valence-electron chi connectivity index (χ4n) is 3.95. The Labute approximate surface area is 176 Å². The maximum atomic E-state index is 13.1. The van der Waals surface area contributed by atoms with Gasteiger partial charge in [-0.3, -0.25) is 9.78 Å². The van der Waals surface area contributed by atoms with Crippen molar-refractivity contribution in [2.24, 2.45) is 0 Å². The zero-order valence-corrected chi connectivity index (χ0v) is 16.8. The van der Waals surface area contributed by atoms with E-state index in [1.807, 2.05) is 47.4 Å². The van der Waals surface area contributed by atoms with Crippen molar-refractivity contribution in [1.82, 2.24) is 9.88 Å². The van der Waals surface area contributed by atoms with Crippen LogP contribution in [0.2, 0.25) is 0 Å². The van der Waals surface area contributed by atoms with Gasteiger partial charge in [-0.15, -0.1) is 0 Å². The van der Waals surface area contributed by atoms with Gasteiger partial charge >= 0.3 is 0 Å². The lowest BCUT2D eigenvalue weighted by atomic mass is 9.93. The highest BCUT2D eigenvalue weighted by Crippen LogP contribution is 2.28. The second-order valence-electron chi connectivity index (χ2n) is 7.78. The number of halogens is 1. The quantitative estimate of drug-likeness (QED) is 0.689. The van der Waals surface area contributed by atoms with Gasteiger partial charge in [0.2, 0.25) is 5.91 Å². The number of aliphatic hydroxyl groups excluding tert-OH is 1. The first-order valence-electron chi connectivity index (χ1n) is 10.3. The van der Waals surface area contributed by atoms with Crippen molar-refractivity contribution in [2.75, 3.05) is 13.1 Å². The van der Waals surface area contributed by atoms with Crippen molar-refractivity contribution in [3.8, 4) is 11.3 Å². The van der Waals surface area contributed by atoms with Gasteiger partial charge in [-0.1, -0.05) is 42.5 Å². The standard InChI is InChI=1S/C25H25FN2O2/c26-22-12-8-18(9-13-22)15-25(30)28-14-2-3-21(16-28)24-5-1-4-23(27-24)20-10-6-19(17-29)7-11-20/h1,4-13,21,29H,2-3,14-17H2/t21-/m0/s1. The normalized spacial score (nSPS) is 16.5. The van der Waals surface area contributed by atoms with Crippen LogP contribution in [0, 0.1) is 5.82 Å².